The second-order valence-corrected chi connectivity index (χ2v) is 9.55. The highest BCUT2D eigenvalue weighted by atomic mass is 19.1. The maximum atomic E-state index is 14.1. The van der Waals surface area contributed by atoms with Crippen LogP contribution < -0.4 is 16.0 Å². The normalized spacial score (nSPS) is 19.9. The Labute approximate surface area is 207 Å². The third-order valence-electron chi connectivity index (χ3n) is 6.83. The van der Waals surface area contributed by atoms with Gasteiger partial charge >= 0.3 is 0 Å². The summed E-state index contributed by atoms with van der Waals surface area (Å²) in [6.45, 7) is 4.15. The Hall–Kier alpha value is -3.79. The molecule has 0 bridgehead atoms. The highest BCUT2D eigenvalue weighted by Crippen LogP contribution is 2.44. The summed E-state index contributed by atoms with van der Waals surface area (Å²) in [5, 5.41) is 11.0. The predicted molar refractivity (Wildman–Crippen MR) is 134 cm³/mol. The zero-order valence-electron chi connectivity index (χ0n) is 19.8. The van der Waals surface area contributed by atoms with Crippen molar-refractivity contribution in [1.29, 1.82) is 0 Å². The van der Waals surface area contributed by atoms with Gasteiger partial charge in [-0.1, -0.05) is 6.92 Å². The number of nitrogens with zero attached hydrogens (tertiary/aromatic N) is 5. The van der Waals surface area contributed by atoms with Gasteiger partial charge in [0.2, 0.25) is 0 Å². The molecule has 2 aliphatic rings. The largest absolute Gasteiger partial charge is 0.366 e. The van der Waals surface area contributed by atoms with Crippen LogP contribution in [0.25, 0.3) is 22.3 Å². The van der Waals surface area contributed by atoms with Crippen molar-refractivity contribution in [3.63, 3.8) is 0 Å². The smallest absolute Gasteiger partial charge is 0.168 e. The first-order valence-electron chi connectivity index (χ1n) is 12.2. The number of hydrogen-bond acceptors (Lipinski definition) is 8. The molecule has 184 valence electrons. The molecule has 0 spiro atoms. The molecule has 6 rings (SSSR count). The number of hydrogen-bond donors (Lipinski definition) is 3. The van der Waals surface area contributed by atoms with Crippen LogP contribution in [0.2, 0.25) is 0 Å². The van der Waals surface area contributed by atoms with E-state index in [2.05, 4.69) is 37.8 Å². The van der Waals surface area contributed by atoms with E-state index in [0.29, 0.717) is 35.1 Å². The Morgan fingerprint density at radius 2 is 1.89 bits per heavy atom. The second-order valence-electron chi connectivity index (χ2n) is 9.55. The molecular formula is C26H26F2N8. The van der Waals surface area contributed by atoms with E-state index in [9.17, 15) is 8.78 Å². The summed E-state index contributed by atoms with van der Waals surface area (Å²) < 4.78 is 27.3. The molecule has 2 atom stereocenters. The van der Waals surface area contributed by atoms with Gasteiger partial charge in [-0.2, -0.15) is 0 Å². The Balaban J connectivity index is 1.40. The molecule has 0 aromatic carbocycles. The van der Waals surface area contributed by atoms with E-state index in [-0.39, 0.29) is 5.82 Å². The topological polar surface area (TPSA) is 101 Å². The average Bonchev–Trinajstić information content (AvgIpc) is 3.72. The number of rotatable bonds is 6. The number of pyridine rings is 3. The lowest BCUT2D eigenvalue weighted by Gasteiger charge is -2.31. The van der Waals surface area contributed by atoms with Gasteiger partial charge in [0, 0.05) is 35.5 Å². The number of anilines is 3. The van der Waals surface area contributed by atoms with Gasteiger partial charge in [0.1, 0.15) is 17.5 Å². The Kier molecular flexibility index (Phi) is 5.88. The maximum Gasteiger partial charge on any atom is 0.168 e. The van der Waals surface area contributed by atoms with Gasteiger partial charge in [-0.05, 0) is 61.9 Å². The fourth-order valence-electron chi connectivity index (χ4n) is 4.72. The monoisotopic (exact) mass is 488 g/mol. The molecule has 1 saturated carbocycles. The summed E-state index contributed by atoms with van der Waals surface area (Å²) in [4.78, 5) is 22.3. The zero-order chi connectivity index (χ0) is 24.6. The summed E-state index contributed by atoms with van der Waals surface area (Å²) in [6.07, 6.45) is 9.57. The molecule has 2 fully saturated rings. The molecule has 10 heteroatoms. The molecule has 1 aliphatic heterocycles. The van der Waals surface area contributed by atoms with Crippen LogP contribution in [0.1, 0.15) is 37.7 Å². The average molecular weight is 489 g/mol. The van der Waals surface area contributed by atoms with E-state index >= 15 is 0 Å². The molecule has 5 heterocycles. The summed E-state index contributed by atoms with van der Waals surface area (Å²) in [5.41, 5.74) is 2.68. The minimum absolute atomic E-state index is 0.110. The van der Waals surface area contributed by atoms with E-state index in [0.717, 1.165) is 61.3 Å². The van der Waals surface area contributed by atoms with Crippen LogP contribution in [-0.4, -0.2) is 44.1 Å². The number of piperidine rings is 1. The fraction of sp³-hybridized carbons (Fsp3) is 0.346. The molecule has 3 N–H and O–H groups in total. The molecule has 0 radical (unpaired) electrons. The predicted octanol–water partition coefficient (Wildman–Crippen LogP) is 4.79. The molecule has 1 saturated heterocycles. The van der Waals surface area contributed by atoms with Gasteiger partial charge in [-0.15, -0.1) is 0 Å². The zero-order valence-corrected chi connectivity index (χ0v) is 19.8. The highest BCUT2D eigenvalue weighted by molar-refractivity contribution is 5.93. The lowest BCUT2D eigenvalue weighted by Crippen LogP contribution is -2.42. The minimum Gasteiger partial charge on any atom is -0.366 e. The van der Waals surface area contributed by atoms with E-state index in [1.807, 2.05) is 6.20 Å². The lowest BCUT2D eigenvalue weighted by molar-refractivity contribution is 0.368. The third-order valence-corrected chi connectivity index (χ3v) is 6.83. The van der Waals surface area contributed by atoms with Gasteiger partial charge in [0.25, 0.3) is 0 Å². The summed E-state index contributed by atoms with van der Waals surface area (Å²) >= 11 is 0. The molecule has 4 aromatic rings. The number of fused-ring (bicyclic) bond motifs is 1. The van der Waals surface area contributed by atoms with Gasteiger partial charge in [-0.25, -0.2) is 28.7 Å². The number of nitrogens with one attached hydrogen (secondary N) is 3. The van der Waals surface area contributed by atoms with Crippen LogP contribution in [0, 0.1) is 17.6 Å². The third kappa shape index (κ3) is 4.56. The van der Waals surface area contributed by atoms with Crippen molar-refractivity contribution < 1.29 is 8.78 Å². The van der Waals surface area contributed by atoms with Crippen molar-refractivity contribution in [1.82, 2.24) is 30.2 Å². The first kappa shape index (κ1) is 22.7. The molecular weight excluding hydrogens is 462 g/mol. The van der Waals surface area contributed by atoms with Gasteiger partial charge in [0.05, 0.1) is 17.9 Å². The standard InChI is InChI=1S/C26H26F2N8/c1-14-10-29-6-5-20(14)33-26-23-18(15-2-3-15)12-30-13-21(23)34-24(36-26)16-4-7-31-22(8-16)35-25-19(28)9-17(27)11-32-25/h4,7-9,11-15,20,29H,2-3,5-6,10H2,1H3,(H,31,32,35)(H,33,34,36). The van der Waals surface area contributed by atoms with Gasteiger partial charge in [-0.3, -0.25) is 4.98 Å². The maximum absolute atomic E-state index is 14.1. The Bertz CT molecular complexity index is 1420. The van der Waals surface area contributed by atoms with Crippen LogP contribution in [0.4, 0.5) is 26.2 Å². The first-order valence-corrected chi connectivity index (χ1v) is 12.2. The van der Waals surface area contributed by atoms with Crippen LogP contribution in [0.5, 0.6) is 0 Å². The van der Waals surface area contributed by atoms with Crippen LogP contribution in [0.15, 0.2) is 43.0 Å². The Morgan fingerprint density at radius 3 is 2.69 bits per heavy atom. The molecule has 1 aliphatic carbocycles. The van der Waals surface area contributed by atoms with Gasteiger partial charge in [0.15, 0.2) is 17.5 Å². The van der Waals surface area contributed by atoms with Crippen molar-refractivity contribution in [2.45, 2.75) is 38.1 Å². The number of halogens is 2. The van der Waals surface area contributed by atoms with E-state index in [4.69, 9.17) is 9.97 Å². The molecule has 2 unspecified atom stereocenters. The Morgan fingerprint density at radius 1 is 1.00 bits per heavy atom. The highest BCUT2D eigenvalue weighted by Gasteiger charge is 2.29. The fourth-order valence-corrected chi connectivity index (χ4v) is 4.72. The molecule has 36 heavy (non-hydrogen) atoms. The van der Waals surface area contributed by atoms with Crippen LogP contribution >= 0.6 is 0 Å². The van der Waals surface area contributed by atoms with Crippen molar-refractivity contribution in [2.24, 2.45) is 5.92 Å². The number of aromatic nitrogens is 5. The van der Waals surface area contributed by atoms with Gasteiger partial charge < -0.3 is 16.0 Å². The minimum atomic E-state index is -0.801. The van der Waals surface area contributed by atoms with E-state index in [1.165, 1.54) is 5.56 Å². The molecule has 0 amide bonds. The summed E-state index contributed by atoms with van der Waals surface area (Å²) in [5.74, 6) is 0.971. The van der Waals surface area contributed by atoms with Crippen molar-refractivity contribution in [3.8, 4) is 11.4 Å². The van der Waals surface area contributed by atoms with E-state index in [1.54, 1.807) is 24.5 Å². The molecule has 4 aromatic heterocycles. The lowest BCUT2D eigenvalue weighted by atomic mass is 9.95. The SMILES string of the molecule is CC1CNCCC1Nc1nc(-c2ccnc(Nc3ncc(F)cc3F)c2)nc2cncc(C3CC3)c12. The summed E-state index contributed by atoms with van der Waals surface area (Å²) in [7, 11) is 0. The second kappa shape index (κ2) is 9.34. The van der Waals surface area contributed by atoms with Crippen molar-refractivity contribution in [3.05, 3.63) is 60.2 Å². The molecule has 8 nitrogen and oxygen atoms in total. The van der Waals surface area contributed by atoms with Crippen LogP contribution in [0.3, 0.4) is 0 Å². The van der Waals surface area contributed by atoms with Crippen molar-refractivity contribution in [2.75, 3.05) is 23.7 Å². The summed E-state index contributed by atoms with van der Waals surface area (Å²) in [6, 6.07) is 4.59. The quantitative estimate of drug-likeness (QED) is 0.356. The first-order chi connectivity index (χ1) is 17.5. The van der Waals surface area contributed by atoms with E-state index < -0.39 is 11.6 Å². The van der Waals surface area contributed by atoms with Crippen molar-refractivity contribution >= 4 is 28.4 Å². The van der Waals surface area contributed by atoms with Crippen LogP contribution in [-0.2, 0) is 0 Å².